The van der Waals surface area contributed by atoms with E-state index >= 15 is 0 Å². The Morgan fingerprint density at radius 2 is 1.95 bits per heavy atom. The lowest BCUT2D eigenvalue weighted by molar-refractivity contribution is 0.282. The second-order valence-corrected chi connectivity index (χ2v) is 5.92. The Morgan fingerprint density at radius 3 is 2.82 bits per heavy atom. The molecular weight excluding hydrogens is 294 g/mol. The lowest BCUT2D eigenvalue weighted by Crippen LogP contribution is -1.91. The Balaban J connectivity index is 1.81. The quantitative estimate of drug-likeness (QED) is 0.708. The topological polar surface area (TPSA) is 33.1 Å². The van der Waals surface area contributed by atoms with Gasteiger partial charge in [0.25, 0.3) is 0 Å². The van der Waals surface area contributed by atoms with Gasteiger partial charge in [-0.15, -0.1) is 0 Å². The van der Waals surface area contributed by atoms with E-state index in [9.17, 15) is 5.11 Å². The van der Waals surface area contributed by atoms with Crippen molar-refractivity contribution < 1.29 is 5.11 Å². The Hall–Kier alpha value is -2.16. The van der Waals surface area contributed by atoms with Crippen LogP contribution in [0.2, 0.25) is 5.15 Å². The predicted octanol–water partition coefficient (Wildman–Crippen LogP) is 4.48. The van der Waals surface area contributed by atoms with Gasteiger partial charge in [0.15, 0.2) is 0 Å². The van der Waals surface area contributed by atoms with E-state index in [2.05, 4.69) is 29.3 Å². The van der Waals surface area contributed by atoms with Crippen LogP contribution in [0.4, 0.5) is 0 Å². The van der Waals surface area contributed by atoms with E-state index < -0.39 is 0 Å². The normalized spacial score (nSPS) is 13.3. The fourth-order valence-corrected chi connectivity index (χ4v) is 3.24. The van der Waals surface area contributed by atoms with Gasteiger partial charge in [0.1, 0.15) is 5.15 Å². The number of rotatable bonds is 2. The van der Waals surface area contributed by atoms with E-state index in [1.54, 1.807) is 0 Å². The fraction of sp³-hybridized carbons (Fsp3) is 0.105. The number of aliphatic hydroxyl groups is 1. The van der Waals surface area contributed by atoms with Crippen LogP contribution in [-0.2, 0) is 13.0 Å². The number of aliphatic hydroxyl groups excluding tert-OH is 1. The minimum Gasteiger partial charge on any atom is -0.392 e. The minimum atomic E-state index is 0.0642. The number of aromatic nitrogens is 1. The summed E-state index contributed by atoms with van der Waals surface area (Å²) < 4.78 is 0. The van der Waals surface area contributed by atoms with Crippen LogP contribution in [0.3, 0.4) is 0 Å². The summed E-state index contributed by atoms with van der Waals surface area (Å²) in [5.41, 5.74) is 6.42. The second-order valence-electron chi connectivity index (χ2n) is 5.56. The third-order valence-electron chi connectivity index (χ3n) is 4.13. The van der Waals surface area contributed by atoms with Crippen LogP contribution in [-0.4, -0.2) is 10.1 Å². The summed E-state index contributed by atoms with van der Waals surface area (Å²) in [4.78, 5) is 4.50. The van der Waals surface area contributed by atoms with Crippen LogP contribution >= 0.6 is 11.6 Å². The molecule has 1 aliphatic carbocycles. The molecule has 0 bridgehead atoms. The molecule has 0 amide bonds. The first-order valence-corrected chi connectivity index (χ1v) is 7.61. The molecule has 2 aromatic carbocycles. The molecular formula is C19H14ClNO. The molecule has 0 spiro atoms. The number of nitrogens with zero attached hydrogens (tertiary/aromatic N) is 1. The van der Waals surface area contributed by atoms with Crippen LogP contribution in [0, 0.1) is 0 Å². The van der Waals surface area contributed by atoms with Gasteiger partial charge in [-0.25, -0.2) is 4.98 Å². The van der Waals surface area contributed by atoms with Crippen LogP contribution < -0.4 is 0 Å². The molecule has 22 heavy (non-hydrogen) atoms. The van der Waals surface area contributed by atoms with Crippen LogP contribution in [0.1, 0.15) is 22.3 Å². The number of fused-ring (bicyclic) bond motifs is 2. The van der Waals surface area contributed by atoms with Gasteiger partial charge in [-0.3, -0.25) is 0 Å². The molecule has 0 unspecified atom stereocenters. The van der Waals surface area contributed by atoms with Crippen molar-refractivity contribution in [2.24, 2.45) is 0 Å². The molecule has 4 rings (SSSR count). The maximum absolute atomic E-state index is 9.26. The zero-order valence-corrected chi connectivity index (χ0v) is 12.6. The van der Waals surface area contributed by atoms with Crippen LogP contribution in [0.15, 0.2) is 48.5 Å². The second kappa shape index (κ2) is 5.24. The van der Waals surface area contributed by atoms with Gasteiger partial charge in [0.05, 0.1) is 12.1 Å². The number of hydrogen-bond acceptors (Lipinski definition) is 2. The molecule has 1 aromatic heterocycles. The molecule has 1 heterocycles. The molecule has 2 nitrogen and oxygen atoms in total. The van der Waals surface area contributed by atoms with Crippen molar-refractivity contribution in [2.75, 3.05) is 0 Å². The summed E-state index contributed by atoms with van der Waals surface area (Å²) in [6, 6.07) is 16.2. The molecule has 0 saturated carbocycles. The van der Waals surface area contributed by atoms with E-state index in [4.69, 9.17) is 11.6 Å². The first-order valence-electron chi connectivity index (χ1n) is 7.23. The molecule has 3 heteroatoms. The molecule has 108 valence electrons. The number of pyridine rings is 1. The highest BCUT2D eigenvalue weighted by Crippen LogP contribution is 2.36. The molecule has 3 aromatic rings. The van der Waals surface area contributed by atoms with E-state index in [0.29, 0.717) is 5.15 Å². The summed E-state index contributed by atoms with van der Waals surface area (Å²) in [5, 5.41) is 10.9. The monoisotopic (exact) mass is 307 g/mol. The average molecular weight is 308 g/mol. The molecule has 0 saturated heterocycles. The lowest BCUT2D eigenvalue weighted by Gasteiger charge is -2.07. The van der Waals surface area contributed by atoms with E-state index in [1.807, 2.05) is 30.3 Å². The zero-order chi connectivity index (χ0) is 15.1. The maximum atomic E-state index is 9.26. The van der Waals surface area contributed by atoms with E-state index in [-0.39, 0.29) is 6.61 Å². The largest absolute Gasteiger partial charge is 0.392 e. The van der Waals surface area contributed by atoms with E-state index in [1.165, 1.54) is 11.1 Å². The Labute approximate surface area is 133 Å². The molecule has 1 N–H and O–H groups in total. The third kappa shape index (κ3) is 2.21. The van der Waals surface area contributed by atoms with Crippen molar-refractivity contribution in [3.05, 3.63) is 75.9 Å². The van der Waals surface area contributed by atoms with Gasteiger partial charge in [-0.05, 0) is 46.9 Å². The minimum absolute atomic E-state index is 0.0642. The summed E-state index contributed by atoms with van der Waals surface area (Å²) in [7, 11) is 0. The molecule has 0 radical (unpaired) electrons. The average Bonchev–Trinajstić information content (AvgIpc) is 2.96. The summed E-state index contributed by atoms with van der Waals surface area (Å²) in [6.45, 7) is 0.0642. The maximum Gasteiger partial charge on any atom is 0.137 e. The van der Waals surface area contributed by atoms with Crippen molar-refractivity contribution in [2.45, 2.75) is 13.0 Å². The van der Waals surface area contributed by atoms with Gasteiger partial charge in [-0.1, -0.05) is 48.0 Å². The summed E-state index contributed by atoms with van der Waals surface area (Å²) in [5.74, 6) is 0. The molecule has 0 atom stereocenters. The van der Waals surface area contributed by atoms with E-state index in [0.717, 1.165) is 34.0 Å². The van der Waals surface area contributed by atoms with Gasteiger partial charge in [0.2, 0.25) is 0 Å². The number of allylic oxidation sites excluding steroid dienone is 1. The molecule has 1 aliphatic rings. The van der Waals surface area contributed by atoms with Gasteiger partial charge >= 0.3 is 0 Å². The smallest absolute Gasteiger partial charge is 0.137 e. The fourth-order valence-electron chi connectivity index (χ4n) is 2.97. The highest BCUT2D eigenvalue weighted by atomic mass is 35.5. The summed E-state index contributed by atoms with van der Waals surface area (Å²) in [6.07, 6.45) is 2.99. The molecule has 0 fully saturated rings. The summed E-state index contributed by atoms with van der Waals surface area (Å²) >= 11 is 6.39. The Morgan fingerprint density at radius 1 is 1.09 bits per heavy atom. The number of benzene rings is 2. The highest BCUT2D eigenvalue weighted by Gasteiger charge is 2.17. The Kier molecular flexibility index (Phi) is 3.21. The standard InChI is InChI=1S/C19H14ClNO/c20-19-17(10-14-3-1-2-4-18(14)21-19)16-8-13-6-5-12(11-22)7-15(13)9-16/h1-7,9-10,22H,8,11H2. The Bertz CT molecular complexity index is 914. The van der Waals surface area contributed by atoms with Crippen molar-refractivity contribution in [1.82, 2.24) is 4.98 Å². The van der Waals surface area contributed by atoms with Crippen LogP contribution in [0.5, 0.6) is 0 Å². The van der Waals surface area contributed by atoms with Gasteiger partial charge in [0, 0.05) is 10.9 Å². The predicted molar refractivity (Wildman–Crippen MR) is 90.7 cm³/mol. The lowest BCUT2D eigenvalue weighted by atomic mass is 10.0. The first-order chi connectivity index (χ1) is 10.7. The first kappa shape index (κ1) is 13.5. The number of para-hydroxylation sites is 1. The third-order valence-corrected chi connectivity index (χ3v) is 4.42. The number of hydrogen-bond donors (Lipinski definition) is 1. The number of halogens is 1. The van der Waals surface area contributed by atoms with Crippen molar-refractivity contribution >= 4 is 34.2 Å². The van der Waals surface area contributed by atoms with Crippen LogP contribution in [0.25, 0.3) is 22.6 Å². The van der Waals surface area contributed by atoms with Gasteiger partial charge in [-0.2, -0.15) is 0 Å². The van der Waals surface area contributed by atoms with Crippen molar-refractivity contribution in [3.8, 4) is 0 Å². The van der Waals surface area contributed by atoms with Crippen molar-refractivity contribution in [1.29, 1.82) is 0 Å². The van der Waals surface area contributed by atoms with Gasteiger partial charge < -0.3 is 5.11 Å². The highest BCUT2D eigenvalue weighted by molar-refractivity contribution is 6.32. The zero-order valence-electron chi connectivity index (χ0n) is 11.9. The SMILES string of the molecule is OCc1ccc2c(c1)C=C(c1cc3ccccc3nc1Cl)C2. The van der Waals surface area contributed by atoms with Crippen molar-refractivity contribution in [3.63, 3.8) is 0 Å². The molecule has 0 aliphatic heterocycles.